The Kier molecular flexibility index (Phi) is 3.71. The van der Waals surface area contributed by atoms with Gasteiger partial charge in [-0.25, -0.2) is 9.18 Å². The van der Waals surface area contributed by atoms with Crippen LogP contribution in [0.15, 0.2) is 62.6 Å². The summed E-state index contributed by atoms with van der Waals surface area (Å²) >= 11 is 0. The number of benzene rings is 2. The lowest BCUT2D eigenvalue weighted by atomic mass is 10.2. The zero-order valence-corrected chi connectivity index (χ0v) is 14.7. The van der Waals surface area contributed by atoms with Gasteiger partial charge in [-0.3, -0.25) is 13.9 Å². The zero-order chi connectivity index (χ0) is 19.3. The third-order valence-corrected chi connectivity index (χ3v) is 4.86. The third-order valence-electron chi connectivity index (χ3n) is 4.86. The Labute approximate surface area is 157 Å². The van der Waals surface area contributed by atoms with Crippen LogP contribution in [0.4, 0.5) is 4.39 Å². The smallest absolute Gasteiger partial charge is 0.332 e. The molecular weight excluding hydrogens is 363 g/mol. The summed E-state index contributed by atoms with van der Waals surface area (Å²) in [6.07, 6.45) is 1.64. The van der Waals surface area contributed by atoms with Crippen molar-refractivity contribution in [3.8, 4) is 11.4 Å². The number of aromatic nitrogens is 4. The van der Waals surface area contributed by atoms with E-state index in [0.717, 1.165) is 12.8 Å². The molecular formula is C20H15FN4O3. The molecule has 0 bridgehead atoms. The number of fused-ring (bicyclic) bond motifs is 1. The van der Waals surface area contributed by atoms with Gasteiger partial charge in [-0.15, -0.1) is 0 Å². The molecule has 2 heterocycles. The highest BCUT2D eigenvalue weighted by Crippen LogP contribution is 2.32. The van der Waals surface area contributed by atoms with Crippen LogP contribution in [-0.4, -0.2) is 19.3 Å². The monoisotopic (exact) mass is 378 g/mol. The summed E-state index contributed by atoms with van der Waals surface area (Å²) < 4.78 is 21.2. The molecule has 140 valence electrons. The summed E-state index contributed by atoms with van der Waals surface area (Å²) in [7, 11) is 0. The molecule has 28 heavy (non-hydrogen) atoms. The molecule has 1 saturated carbocycles. The Balaban J connectivity index is 1.60. The lowest BCUT2D eigenvalue weighted by Gasteiger charge is -2.12. The standard InChI is InChI=1S/C20H15FN4O3/c21-13-7-5-12(6-8-13)18-22-17(28-23-18)11-24-16-4-2-1-3-15(16)19(26)25(20(24)27)14-9-10-14/h1-8,14H,9-11H2. The molecule has 0 radical (unpaired) electrons. The van der Waals surface area contributed by atoms with Crippen molar-refractivity contribution in [2.24, 2.45) is 0 Å². The molecule has 2 aromatic carbocycles. The van der Waals surface area contributed by atoms with Gasteiger partial charge in [0.2, 0.25) is 11.7 Å². The van der Waals surface area contributed by atoms with Gasteiger partial charge in [0.25, 0.3) is 5.56 Å². The number of nitrogens with zero attached hydrogens (tertiary/aromatic N) is 4. The minimum atomic E-state index is -0.382. The van der Waals surface area contributed by atoms with Crippen molar-refractivity contribution in [1.82, 2.24) is 19.3 Å². The van der Waals surface area contributed by atoms with E-state index >= 15 is 0 Å². The molecule has 0 unspecified atom stereocenters. The highest BCUT2D eigenvalue weighted by Gasteiger charge is 2.29. The van der Waals surface area contributed by atoms with Crippen LogP contribution in [-0.2, 0) is 6.54 Å². The van der Waals surface area contributed by atoms with Crippen LogP contribution in [0.5, 0.6) is 0 Å². The first-order chi connectivity index (χ1) is 13.6. The molecule has 5 rings (SSSR count). The molecule has 0 saturated heterocycles. The van der Waals surface area contributed by atoms with Crippen molar-refractivity contribution in [2.45, 2.75) is 25.4 Å². The van der Waals surface area contributed by atoms with Crippen LogP contribution >= 0.6 is 0 Å². The zero-order valence-electron chi connectivity index (χ0n) is 14.7. The lowest BCUT2D eigenvalue weighted by Crippen LogP contribution is -2.39. The van der Waals surface area contributed by atoms with Gasteiger partial charge in [-0.05, 0) is 49.2 Å². The summed E-state index contributed by atoms with van der Waals surface area (Å²) in [5.41, 5.74) is 0.483. The maximum absolute atomic E-state index is 13.1. The summed E-state index contributed by atoms with van der Waals surface area (Å²) in [6, 6.07) is 12.7. The molecule has 1 aliphatic carbocycles. The fourth-order valence-electron chi connectivity index (χ4n) is 3.32. The van der Waals surface area contributed by atoms with E-state index in [2.05, 4.69) is 10.1 Å². The number of rotatable bonds is 4. The average molecular weight is 378 g/mol. The Morgan fingerprint density at radius 3 is 2.57 bits per heavy atom. The maximum atomic E-state index is 13.1. The van der Waals surface area contributed by atoms with Gasteiger partial charge >= 0.3 is 5.69 Å². The summed E-state index contributed by atoms with van der Waals surface area (Å²) in [5, 5.41) is 4.40. The summed E-state index contributed by atoms with van der Waals surface area (Å²) in [6.45, 7) is 0.0422. The minimum Gasteiger partial charge on any atom is -0.337 e. The number of halogens is 1. The van der Waals surface area contributed by atoms with E-state index in [1.165, 1.54) is 21.3 Å². The van der Waals surface area contributed by atoms with E-state index in [4.69, 9.17) is 4.52 Å². The molecule has 1 fully saturated rings. The molecule has 8 heteroatoms. The first-order valence-electron chi connectivity index (χ1n) is 8.94. The third kappa shape index (κ3) is 2.74. The van der Waals surface area contributed by atoms with Crippen LogP contribution in [0.2, 0.25) is 0 Å². The van der Waals surface area contributed by atoms with Gasteiger partial charge in [-0.2, -0.15) is 4.98 Å². The minimum absolute atomic E-state index is 0.0422. The largest absolute Gasteiger partial charge is 0.337 e. The van der Waals surface area contributed by atoms with Crippen LogP contribution in [0.1, 0.15) is 24.8 Å². The van der Waals surface area contributed by atoms with Gasteiger partial charge in [0.1, 0.15) is 12.4 Å². The fraction of sp³-hybridized carbons (Fsp3) is 0.200. The summed E-state index contributed by atoms with van der Waals surface area (Å²) in [5.74, 6) is 0.184. The predicted octanol–water partition coefficient (Wildman–Crippen LogP) is 2.74. The molecule has 4 aromatic rings. The first kappa shape index (κ1) is 16.6. The molecule has 7 nitrogen and oxygen atoms in total. The van der Waals surface area contributed by atoms with Crippen LogP contribution in [0, 0.1) is 5.82 Å². The normalized spacial score (nSPS) is 13.9. The molecule has 0 amide bonds. The number of hydrogen-bond acceptors (Lipinski definition) is 5. The Hall–Kier alpha value is -3.55. The predicted molar refractivity (Wildman–Crippen MR) is 99.5 cm³/mol. The van der Waals surface area contributed by atoms with E-state index in [1.54, 1.807) is 36.4 Å². The first-order valence-corrected chi connectivity index (χ1v) is 8.94. The Morgan fingerprint density at radius 1 is 1.07 bits per heavy atom. The van der Waals surface area contributed by atoms with Gasteiger partial charge in [0.15, 0.2) is 0 Å². The van der Waals surface area contributed by atoms with E-state index in [9.17, 15) is 14.0 Å². The van der Waals surface area contributed by atoms with Crippen LogP contribution in [0.25, 0.3) is 22.3 Å². The van der Waals surface area contributed by atoms with Crippen molar-refractivity contribution in [2.75, 3.05) is 0 Å². The van der Waals surface area contributed by atoms with Crippen molar-refractivity contribution in [3.05, 3.63) is 81.1 Å². The molecule has 0 spiro atoms. The Bertz CT molecular complexity index is 1300. The van der Waals surface area contributed by atoms with Crippen LogP contribution in [0.3, 0.4) is 0 Å². The molecule has 0 N–H and O–H groups in total. The van der Waals surface area contributed by atoms with Crippen molar-refractivity contribution >= 4 is 10.9 Å². The lowest BCUT2D eigenvalue weighted by molar-refractivity contribution is 0.369. The number of para-hydroxylation sites is 1. The topological polar surface area (TPSA) is 82.9 Å². The highest BCUT2D eigenvalue weighted by atomic mass is 19.1. The highest BCUT2D eigenvalue weighted by molar-refractivity contribution is 5.77. The second-order valence-corrected chi connectivity index (χ2v) is 6.81. The second kappa shape index (κ2) is 6.26. The van der Waals surface area contributed by atoms with Crippen molar-refractivity contribution < 1.29 is 8.91 Å². The van der Waals surface area contributed by atoms with Gasteiger partial charge in [0.05, 0.1) is 10.9 Å². The van der Waals surface area contributed by atoms with E-state index in [0.29, 0.717) is 22.3 Å². The maximum Gasteiger partial charge on any atom is 0.332 e. The quantitative estimate of drug-likeness (QED) is 0.545. The molecule has 0 atom stereocenters. The number of hydrogen-bond donors (Lipinski definition) is 0. The van der Waals surface area contributed by atoms with Gasteiger partial charge in [-0.1, -0.05) is 17.3 Å². The van der Waals surface area contributed by atoms with Crippen molar-refractivity contribution in [1.29, 1.82) is 0 Å². The molecule has 1 aliphatic rings. The molecule has 0 aliphatic heterocycles. The fourth-order valence-corrected chi connectivity index (χ4v) is 3.32. The van der Waals surface area contributed by atoms with Gasteiger partial charge in [0, 0.05) is 11.6 Å². The average Bonchev–Trinajstić information content (AvgIpc) is 3.43. The SMILES string of the molecule is O=c1c2ccccc2n(Cc2nc(-c3ccc(F)cc3)no2)c(=O)n1C1CC1. The summed E-state index contributed by atoms with van der Waals surface area (Å²) in [4.78, 5) is 30.0. The van der Waals surface area contributed by atoms with E-state index in [1.807, 2.05) is 0 Å². The second-order valence-electron chi connectivity index (χ2n) is 6.81. The Morgan fingerprint density at radius 2 is 1.82 bits per heavy atom. The van der Waals surface area contributed by atoms with Crippen LogP contribution < -0.4 is 11.2 Å². The van der Waals surface area contributed by atoms with Gasteiger partial charge < -0.3 is 4.52 Å². The van der Waals surface area contributed by atoms with E-state index < -0.39 is 0 Å². The van der Waals surface area contributed by atoms with E-state index in [-0.39, 0.29) is 35.5 Å². The molecule has 2 aromatic heterocycles. The van der Waals surface area contributed by atoms with Crippen molar-refractivity contribution in [3.63, 3.8) is 0 Å².